The van der Waals surface area contributed by atoms with Crippen LogP contribution in [0, 0.1) is 6.92 Å². The van der Waals surface area contributed by atoms with E-state index in [1.54, 1.807) is 29.0 Å². The van der Waals surface area contributed by atoms with E-state index in [-0.39, 0.29) is 17.2 Å². The predicted octanol–water partition coefficient (Wildman–Crippen LogP) is 3.20. The van der Waals surface area contributed by atoms with Crippen LogP contribution < -0.4 is 5.32 Å². The van der Waals surface area contributed by atoms with Crippen molar-refractivity contribution in [2.45, 2.75) is 38.2 Å². The largest absolute Gasteiger partial charge is 0.467 e. The van der Waals surface area contributed by atoms with Crippen LogP contribution in [0.5, 0.6) is 0 Å². The summed E-state index contributed by atoms with van der Waals surface area (Å²) in [6.07, 6.45) is 2.39. The molecule has 1 aromatic heterocycles. The van der Waals surface area contributed by atoms with Gasteiger partial charge in [0.1, 0.15) is 11.8 Å². The number of nitrogens with one attached hydrogen (secondary N) is 1. The molecule has 6 heteroatoms. The van der Waals surface area contributed by atoms with E-state index in [2.05, 4.69) is 5.32 Å². The first-order chi connectivity index (χ1) is 12.1. The van der Waals surface area contributed by atoms with E-state index in [1.165, 1.54) is 0 Å². The Morgan fingerprint density at radius 2 is 2.08 bits per heavy atom. The molecule has 2 amide bonds. The molecule has 0 aliphatic carbocycles. The zero-order valence-electron chi connectivity index (χ0n) is 14.4. The highest BCUT2D eigenvalue weighted by Crippen LogP contribution is 2.33. The van der Waals surface area contributed by atoms with E-state index in [0.717, 1.165) is 12.0 Å². The SMILES string of the molecule is CCC1SCC(C(=O)NCc2ccco2)N1C(=O)c1ccccc1C. The molecule has 1 aliphatic heterocycles. The molecule has 0 radical (unpaired) electrons. The number of amides is 2. The Kier molecular flexibility index (Phi) is 5.48. The summed E-state index contributed by atoms with van der Waals surface area (Å²) in [5.74, 6) is 1.10. The van der Waals surface area contributed by atoms with Crippen molar-refractivity contribution in [2.24, 2.45) is 0 Å². The van der Waals surface area contributed by atoms with Gasteiger partial charge in [0.15, 0.2) is 0 Å². The van der Waals surface area contributed by atoms with Crippen LogP contribution in [0.2, 0.25) is 0 Å². The molecule has 5 nitrogen and oxygen atoms in total. The molecule has 132 valence electrons. The summed E-state index contributed by atoms with van der Waals surface area (Å²) in [5.41, 5.74) is 1.58. The van der Waals surface area contributed by atoms with E-state index in [4.69, 9.17) is 4.42 Å². The summed E-state index contributed by atoms with van der Waals surface area (Å²) in [6.45, 7) is 4.29. The van der Waals surface area contributed by atoms with Gasteiger partial charge in [-0.05, 0) is 37.1 Å². The molecule has 1 saturated heterocycles. The van der Waals surface area contributed by atoms with Crippen LogP contribution in [0.1, 0.15) is 35.0 Å². The van der Waals surface area contributed by atoms with Gasteiger partial charge < -0.3 is 14.6 Å². The lowest BCUT2D eigenvalue weighted by molar-refractivity contribution is -0.125. The van der Waals surface area contributed by atoms with E-state index < -0.39 is 6.04 Å². The first-order valence-corrected chi connectivity index (χ1v) is 9.46. The minimum absolute atomic E-state index is 0.0199. The zero-order chi connectivity index (χ0) is 17.8. The number of carbonyl (C=O) groups excluding carboxylic acids is 2. The van der Waals surface area contributed by atoms with Crippen molar-refractivity contribution in [1.82, 2.24) is 10.2 Å². The number of hydrogen-bond acceptors (Lipinski definition) is 4. The monoisotopic (exact) mass is 358 g/mol. The molecule has 0 spiro atoms. The van der Waals surface area contributed by atoms with Crippen LogP contribution in [0.15, 0.2) is 47.1 Å². The third-order valence-corrected chi connectivity index (χ3v) is 5.82. The lowest BCUT2D eigenvalue weighted by Crippen LogP contribution is -2.49. The fourth-order valence-electron chi connectivity index (χ4n) is 3.01. The minimum Gasteiger partial charge on any atom is -0.467 e. The molecule has 25 heavy (non-hydrogen) atoms. The van der Waals surface area contributed by atoms with Crippen LogP contribution in [-0.2, 0) is 11.3 Å². The number of nitrogens with zero attached hydrogens (tertiary/aromatic N) is 1. The topological polar surface area (TPSA) is 62.6 Å². The number of furan rings is 1. The van der Waals surface area contributed by atoms with Crippen molar-refractivity contribution >= 4 is 23.6 Å². The quantitative estimate of drug-likeness (QED) is 0.892. The lowest BCUT2D eigenvalue weighted by Gasteiger charge is -2.28. The summed E-state index contributed by atoms with van der Waals surface area (Å²) >= 11 is 1.66. The molecule has 0 bridgehead atoms. The minimum atomic E-state index is -0.461. The maximum absolute atomic E-state index is 13.1. The normalized spacial score (nSPS) is 19.8. The number of benzene rings is 1. The van der Waals surface area contributed by atoms with Gasteiger partial charge in [0.25, 0.3) is 5.91 Å². The van der Waals surface area contributed by atoms with Crippen molar-refractivity contribution < 1.29 is 14.0 Å². The van der Waals surface area contributed by atoms with Gasteiger partial charge in [-0.1, -0.05) is 25.1 Å². The highest BCUT2D eigenvalue weighted by Gasteiger charge is 2.41. The molecular formula is C19H22N2O3S. The molecule has 2 unspecified atom stereocenters. The van der Waals surface area contributed by atoms with Crippen LogP contribution in [0.25, 0.3) is 0 Å². The van der Waals surface area contributed by atoms with Gasteiger partial charge in [-0.3, -0.25) is 9.59 Å². The van der Waals surface area contributed by atoms with Crippen molar-refractivity contribution in [3.8, 4) is 0 Å². The van der Waals surface area contributed by atoms with Crippen molar-refractivity contribution in [3.63, 3.8) is 0 Å². The third-order valence-electron chi connectivity index (χ3n) is 4.37. The van der Waals surface area contributed by atoms with Gasteiger partial charge in [-0.15, -0.1) is 11.8 Å². The molecule has 0 saturated carbocycles. The van der Waals surface area contributed by atoms with Crippen LogP contribution in [0.3, 0.4) is 0 Å². The van der Waals surface area contributed by atoms with E-state index in [9.17, 15) is 9.59 Å². The molecular weight excluding hydrogens is 336 g/mol. The zero-order valence-corrected chi connectivity index (χ0v) is 15.2. The van der Waals surface area contributed by atoms with Gasteiger partial charge in [0, 0.05) is 11.3 Å². The second-order valence-corrected chi connectivity index (χ2v) is 7.25. The van der Waals surface area contributed by atoms with Crippen LogP contribution in [-0.4, -0.2) is 33.9 Å². The Balaban J connectivity index is 1.77. The molecule has 1 N–H and O–H groups in total. The molecule has 2 heterocycles. The summed E-state index contributed by atoms with van der Waals surface area (Å²) in [7, 11) is 0. The third kappa shape index (κ3) is 3.74. The average molecular weight is 358 g/mol. The predicted molar refractivity (Wildman–Crippen MR) is 98.2 cm³/mol. The Morgan fingerprint density at radius 1 is 1.28 bits per heavy atom. The van der Waals surface area contributed by atoms with Gasteiger partial charge in [-0.25, -0.2) is 0 Å². The number of rotatable bonds is 5. The molecule has 1 aromatic carbocycles. The van der Waals surface area contributed by atoms with Gasteiger partial charge >= 0.3 is 0 Å². The highest BCUT2D eigenvalue weighted by molar-refractivity contribution is 8.00. The van der Waals surface area contributed by atoms with Crippen molar-refractivity contribution in [1.29, 1.82) is 0 Å². The summed E-state index contributed by atoms with van der Waals surface area (Å²) in [6, 6.07) is 10.7. The van der Waals surface area contributed by atoms with E-state index in [1.807, 2.05) is 44.2 Å². The van der Waals surface area contributed by atoms with Crippen LogP contribution in [0.4, 0.5) is 0 Å². The van der Waals surface area contributed by atoms with E-state index >= 15 is 0 Å². The smallest absolute Gasteiger partial charge is 0.255 e. The standard InChI is InChI=1S/C19H22N2O3S/c1-3-17-21(19(23)15-9-5-4-7-13(15)2)16(12-25-17)18(22)20-11-14-8-6-10-24-14/h4-10,16-17H,3,11-12H2,1-2H3,(H,20,22). The Labute approximate surface area is 151 Å². The average Bonchev–Trinajstić information content (AvgIpc) is 3.28. The van der Waals surface area contributed by atoms with E-state index in [0.29, 0.717) is 23.6 Å². The van der Waals surface area contributed by atoms with Crippen LogP contribution >= 0.6 is 11.8 Å². The first-order valence-electron chi connectivity index (χ1n) is 8.41. The first kappa shape index (κ1) is 17.6. The summed E-state index contributed by atoms with van der Waals surface area (Å²) < 4.78 is 5.25. The van der Waals surface area contributed by atoms with Gasteiger partial charge in [0.05, 0.1) is 18.2 Å². The van der Waals surface area contributed by atoms with Gasteiger partial charge in [-0.2, -0.15) is 0 Å². The lowest BCUT2D eigenvalue weighted by atomic mass is 10.1. The second kappa shape index (κ2) is 7.78. The highest BCUT2D eigenvalue weighted by atomic mass is 32.2. The number of hydrogen-bond donors (Lipinski definition) is 1. The van der Waals surface area contributed by atoms with Crippen molar-refractivity contribution in [2.75, 3.05) is 5.75 Å². The molecule has 1 fully saturated rings. The Morgan fingerprint density at radius 3 is 2.76 bits per heavy atom. The molecule has 1 aliphatic rings. The Bertz CT molecular complexity index is 745. The number of thioether (sulfide) groups is 1. The Hall–Kier alpha value is -2.21. The fourth-order valence-corrected chi connectivity index (χ4v) is 4.36. The number of carbonyl (C=O) groups is 2. The molecule has 2 aromatic rings. The second-order valence-electron chi connectivity index (χ2n) is 6.04. The molecule has 2 atom stereocenters. The maximum atomic E-state index is 13.1. The number of aryl methyl sites for hydroxylation is 1. The fraction of sp³-hybridized carbons (Fsp3) is 0.368. The molecule has 3 rings (SSSR count). The maximum Gasteiger partial charge on any atom is 0.255 e. The van der Waals surface area contributed by atoms with Gasteiger partial charge in [0.2, 0.25) is 5.91 Å². The van der Waals surface area contributed by atoms with Crippen molar-refractivity contribution in [3.05, 3.63) is 59.5 Å². The summed E-state index contributed by atoms with van der Waals surface area (Å²) in [5, 5.41) is 2.90. The summed E-state index contributed by atoms with van der Waals surface area (Å²) in [4.78, 5) is 27.5.